The Morgan fingerprint density at radius 1 is 0.615 bits per heavy atom. The summed E-state index contributed by atoms with van der Waals surface area (Å²) >= 11 is 3.65. The highest BCUT2D eigenvalue weighted by Crippen LogP contribution is 2.46. The smallest absolute Gasteiger partial charge is 0.0292 e. The number of hydrogen-bond acceptors (Lipinski definition) is 4. The lowest BCUT2D eigenvalue weighted by atomic mass is 9.96. The first-order valence-electron chi connectivity index (χ1n) is 12.6. The standard InChI is InChI=1S/C16H13N3S.C16H15NS.ClH/c17-19-18-11-5-8-12-13-6-1-3-9-15(13)20-16-10-4-2-7-14(12)16;17-11-5-8-12-13-6-1-3-9-15(13)18-16-10-4-2-7-14(12)16;/h1-4,6-10H,5,11H2;1-4,6-10H,5,11,17H2;1H. The second-order valence-electron chi connectivity index (χ2n) is 8.74. The number of rotatable bonds is 5. The highest BCUT2D eigenvalue weighted by atomic mass is 35.5. The number of nitrogens with zero attached hydrogens (tertiary/aromatic N) is 3. The van der Waals surface area contributed by atoms with E-state index in [0.717, 1.165) is 12.8 Å². The van der Waals surface area contributed by atoms with E-state index in [4.69, 9.17) is 11.3 Å². The summed E-state index contributed by atoms with van der Waals surface area (Å²) in [4.78, 5) is 8.02. The lowest BCUT2D eigenvalue weighted by Gasteiger charge is -2.21. The second-order valence-corrected chi connectivity index (χ2v) is 10.9. The van der Waals surface area contributed by atoms with Crippen LogP contribution in [0.1, 0.15) is 35.1 Å². The van der Waals surface area contributed by atoms with Crippen molar-refractivity contribution in [3.05, 3.63) is 142 Å². The van der Waals surface area contributed by atoms with E-state index in [1.165, 1.54) is 53.0 Å². The molecule has 0 bridgehead atoms. The highest BCUT2D eigenvalue weighted by molar-refractivity contribution is 7.99. The van der Waals surface area contributed by atoms with Gasteiger partial charge in [-0.3, -0.25) is 0 Å². The van der Waals surface area contributed by atoms with Gasteiger partial charge >= 0.3 is 0 Å². The quantitative estimate of drug-likeness (QED) is 0.0973. The Bertz CT molecular complexity index is 1460. The number of halogens is 1. The summed E-state index contributed by atoms with van der Waals surface area (Å²) in [7, 11) is 0. The zero-order valence-corrected chi connectivity index (χ0v) is 23.8. The van der Waals surface area contributed by atoms with Crippen LogP contribution in [0.4, 0.5) is 0 Å². The summed E-state index contributed by atoms with van der Waals surface area (Å²) in [5, 5.41) is 3.60. The molecule has 196 valence electrons. The largest absolute Gasteiger partial charge is 0.330 e. The fraction of sp³-hybridized carbons (Fsp3) is 0.125. The number of hydrogen-bond donors (Lipinski definition) is 1. The Kier molecular flexibility index (Phi) is 10.4. The third-order valence-electron chi connectivity index (χ3n) is 6.30. The number of benzene rings is 4. The molecule has 0 saturated carbocycles. The van der Waals surface area contributed by atoms with Crippen LogP contribution in [0.15, 0.2) is 134 Å². The van der Waals surface area contributed by atoms with Crippen LogP contribution in [-0.2, 0) is 0 Å². The van der Waals surface area contributed by atoms with Gasteiger partial charge < -0.3 is 5.73 Å². The first-order chi connectivity index (χ1) is 18.8. The van der Waals surface area contributed by atoms with E-state index in [1.807, 2.05) is 23.5 Å². The minimum absolute atomic E-state index is 0. The van der Waals surface area contributed by atoms with Crippen LogP contribution in [0, 0.1) is 0 Å². The summed E-state index contributed by atoms with van der Waals surface area (Å²) in [6.45, 7) is 1.19. The Morgan fingerprint density at radius 2 is 0.974 bits per heavy atom. The van der Waals surface area contributed by atoms with Crippen molar-refractivity contribution in [2.24, 2.45) is 10.8 Å². The van der Waals surface area contributed by atoms with E-state index in [-0.39, 0.29) is 12.4 Å². The molecular weight excluding hydrogens is 540 g/mol. The van der Waals surface area contributed by atoms with Crippen LogP contribution in [0.2, 0.25) is 0 Å². The topological polar surface area (TPSA) is 74.8 Å². The van der Waals surface area contributed by atoms with E-state index in [9.17, 15) is 0 Å². The molecule has 0 aliphatic carbocycles. The van der Waals surface area contributed by atoms with Crippen molar-refractivity contribution in [2.75, 3.05) is 13.1 Å². The van der Waals surface area contributed by atoms with Crippen LogP contribution in [0.3, 0.4) is 0 Å². The van der Waals surface area contributed by atoms with Gasteiger partial charge in [0.1, 0.15) is 0 Å². The Labute approximate surface area is 244 Å². The molecule has 4 aromatic carbocycles. The van der Waals surface area contributed by atoms with Gasteiger partial charge in [-0.15, -0.1) is 12.4 Å². The van der Waals surface area contributed by atoms with Gasteiger partial charge in [0.05, 0.1) is 0 Å². The molecule has 2 aliphatic rings. The lowest BCUT2D eigenvalue weighted by molar-refractivity contribution is 0.992. The zero-order valence-electron chi connectivity index (χ0n) is 21.4. The monoisotopic (exact) mass is 568 g/mol. The maximum atomic E-state index is 8.35. The SMILES string of the molecule is Cl.NCCC=C1c2ccccc2Sc2ccccc21.[N-]=[N+]=NCCC=C1c2ccccc2Sc2ccccc21. The lowest BCUT2D eigenvalue weighted by Crippen LogP contribution is -2.01. The van der Waals surface area contributed by atoms with Crippen molar-refractivity contribution < 1.29 is 0 Å². The molecule has 0 fully saturated rings. The predicted molar refractivity (Wildman–Crippen MR) is 168 cm³/mol. The predicted octanol–water partition coefficient (Wildman–Crippen LogP) is 9.64. The summed E-state index contributed by atoms with van der Waals surface area (Å²) in [5.74, 6) is 0. The molecule has 0 aromatic heterocycles. The molecule has 2 heterocycles. The van der Waals surface area contributed by atoms with Crippen LogP contribution in [-0.4, -0.2) is 13.1 Å². The van der Waals surface area contributed by atoms with Gasteiger partial charge in [0.15, 0.2) is 0 Å². The van der Waals surface area contributed by atoms with E-state index < -0.39 is 0 Å². The first kappa shape index (κ1) is 28.6. The third-order valence-corrected chi connectivity index (χ3v) is 8.61. The molecule has 2 N–H and O–H groups in total. The minimum Gasteiger partial charge on any atom is -0.330 e. The Balaban J connectivity index is 0.000000177. The molecular formula is C32H29ClN4S2. The summed E-state index contributed by atoms with van der Waals surface area (Å²) in [5.41, 5.74) is 21.7. The molecule has 0 unspecified atom stereocenters. The van der Waals surface area contributed by atoms with Crippen molar-refractivity contribution in [2.45, 2.75) is 32.4 Å². The van der Waals surface area contributed by atoms with Gasteiger partial charge in [0, 0.05) is 31.0 Å². The molecule has 6 rings (SSSR count). The number of nitrogens with two attached hydrogens (primary N) is 1. The molecule has 4 aromatic rings. The van der Waals surface area contributed by atoms with Gasteiger partial charge in [0.2, 0.25) is 0 Å². The van der Waals surface area contributed by atoms with Gasteiger partial charge in [-0.05, 0) is 82.6 Å². The average Bonchev–Trinajstić information content (AvgIpc) is 2.97. The van der Waals surface area contributed by atoms with Crippen molar-refractivity contribution in [1.82, 2.24) is 0 Å². The van der Waals surface area contributed by atoms with Gasteiger partial charge in [-0.2, -0.15) is 0 Å². The van der Waals surface area contributed by atoms with Crippen LogP contribution in [0.5, 0.6) is 0 Å². The molecule has 0 spiro atoms. The maximum Gasteiger partial charge on any atom is 0.0292 e. The van der Waals surface area contributed by atoms with Gasteiger partial charge in [0.25, 0.3) is 0 Å². The third kappa shape index (κ3) is 6.62. The molecule has 39 heavy (non-hydrogen) atoms. The molecule has 7 heteroatoms. The van der Waals surface area contributed by atoms with Gasteiger partial charge in [-0.25, -0.2) is 0 Å². The van der Waals surface area contributed by atoms with E-state index >= 15 is 0 Å². The van der Waals surface area contributed by atoms with Gasteiger partial charge in [-0.1, -0.05) is 114 Å². The molecule has 4 nitrogen and oxygen atoms in total. The summed E-state index contributed by atoms with van der Waals surface area (Å²) in [6.07, 6.45) is 6.11. The molecule has 0 radical (unpaired) electrons. The highest BCUT2D eigenvalue weighted by Gasteiger charge is 2.20. The van der Waals surface area contributed by atoms with E-state index in [1.54, 1.807) is 0 Å². The zero-order chi connectivity index (χ0) is 26.2. The normalized spacial score (nSPS) is 12.1. The molecule has 0 amide bonds. The van der Waals surface area contributed by atoms with E-state index in [2.05, 4.69) is 119 Å². The van der Waals surface area contributed by atoms with Crippen LogP contribution < -0.4 is 5.73 Å². The molecule has 2 aliphatic heterocycles. The summed E-state index contributed by atoms with van der Waals surface area (Å²) in [6, 6.07) is 34.0. The Morgan fingerprint density at radius 3 is 1.33 bits per heavy atom. The fourth-order valence-electron chi connectivity index (χ4n) is 4.62. The van der Waals surface area contributed by atoms with Crippen molar-refractivity contribution in [3.8, 4) is 0 Å². The first-order valence-corrected chi connectivity index (χ1v) is 14.3. The second kappa shape index (κ2) is 14.1. The summed E-state index contributed by atoms with van der Waals surface area (Å²) < 4.78 is 0. The molecule has 0 saturated heterocycles. The van der Waals surface area contributed by atoms with E-state index in [0.29, 0.717) is 13.1 Å². The van der Waals surface area contributed by atoms with Crippen molar-refractivity contribution >= 4 is 47.1 Å². The van der Waals surface area contributed by atoms with Crippen molar-refractivity contribution in [3.63, 3.8) is 0 Å². The molecule has 0 atom stereocenters. The minimum atomic E-state index is 0. The fourth-order valence-corrected chi connectivity index (χ4v) is 6.83. The maximum absolute atomic E-state index is 8.35. The van der Waals surface area contributed by atoms with Crippen LogP contribution >= 0.6 is 35.9 Å². The Hall–Kier alpha value is -3.38. The number of azide groups is 1. The number of fused-ring (bicyclic) bond motifs is 4. The average molecular weight is 569 g/mol. The van der Waals surface area contributed by atoms with Crippen molar-refractivity contribution in [1.29, 1.82) is 0 Å². The van der Waals surface area contributed by atoms with Crippen LogP contribution in [0.25, 0.3) is 21.6 Å².